The van der Waals surface area contributed by atoms with Gasteiger partial charge in [-0.25, -0.2) is 0 Å². The number of para-hydroxylation sites is 2. The molecule has 1 atom stereocenters. The van der Waals surface area contributed by atoms with E-state index in [-0.39, 0.29) is 0 Å². The molecule has 4 nitrogen and oxygen atoms in total. The van der Waals surface area contributed by atoms with Crippen LogP contribution in [-0.4, -0.2) is 51.3 Å². The third-order valence-electron chi connectivity index (χ3n) is 6.42. The Morgan fingerprint density at radius 2 is 1.59 bits per heavy atom. The molecule has 2 aliphatic rings. The lowest BCUT2D eigenvalue weighted by Crippen LogP contribution is -2.50. The second kappa shape index (κ2) is 8.91. The van der Waals surface area contributed by atoms with Gasteiger partial charge in [0.05, 0.1) is 19.9 Å². The van der Waals surface area contributed by atoms with Crippen LogP contribution < -0.4 is 14.4 Å². The van der Waals surface area contributed by atoms with Gasteiger partial charge in [-0.15, -0.1) is 0 Å². The first kappa shape index (κ1) is 19.8. The predicted molar refractivity (Wildman–Crippen MR) is 120 cm³/mol. The monoisotopic (exact) mass is 392 g/mol. The fourth-order valence-corrected chi connectivity index (χ4v) is 4.82. The number of hydrogen-bond acceptors (Lipinski definition) is 4. The zero-order valence-corrected chi connectivity index (χ0v) is 17.9. The molecule has 0 aromatic heterocycles. The standard InChI is InChI=1S/C25H32N2O2/c1-19-7-6-10-24(29-3)25(19)20-11-13-21(14-12-20)26-15-17-27(18-16-26)22-8-4-5-9-23(22)28-2/h4-11,21H,12-18H2,1-3H3. The molecule has 1 saturated heterocycles. The van der Waals surface area contributed by atoms with Crippen molar-refractivity contribution < 1.29 is 9.47 Å². The summed E-state index contributed by atoms with van der Waals surface area (Å²) in [6.07, 6.45) is 5.92. The van der Waals surface area contributed by atoms with Crippen LogP contribution in [0.1, 0.15) is 30.4 Å². The molecule has 29 heavy (non-hydrogen) atoms. The molecule has 1 aliphatic carbocycles. The fraction of sp³-hybridized carbons (Fsp3) is 0.440. The van der Waals surface area contributed by atoms with E-state index in [2.05, 4.69) is 59.2 Å². The summed E-state index contributed by atoms with van der Waals surface area (Å²) in [5.74, 6) is 1.97. The molecule has 0 radical (unpaired) electrons. The Morgan fingerprint density at radius 3 is 2.28 bits per heavy atom. The van der Waals surface area contributed by atoms with Crippen LogP contribution in [0.15, 0.2) is 48.5 Å². The minimum atomic E-state index is 0.647. The van der Waals surface area contributed by atoms with Crippen molar-refractivity contribution in [3.63, 3.8) is 0 Å². The number of piperazine rings is 1. The molecule has 2 aromatic carbocycles. The van der Waals surface area contributed by atoms with Crippen LogP contribution in [-0.2, 0) is 0 Å². The van der Waals surface area contributed by atoms with E-state index in [4.69, 9.17) is 9.47 Å². The largest absolute Gasteiger partial charge is 0.496 e. The van der Waals surface area contributed by atoms with Gasteiger partial charge in [-0.05, 0) is 55.5 Å². The summed E-state index contributed by atoms with van der Waals surface area (Å²) in [5.41, 5.74) is 5.27. The zero-order chi connectivity index (χ0) is 20.2. The Hall–Kier alpha value is -2.46. The Labute approximate surface area is 174 Å². The Morgan fingerprint density at radius 1 is 0.862 bits per heavy atom. The lowest BCUT2D eigenvalue weighted by molar-refractivity contribution is 0.175. The van der Waals surface area contributed by atoms with Crippen molar-refractivity contribution in [1.29, 1.82) is 0 Å². The molecule has 0 amide bonds. The van der Waals surface area contributed by atoms with E-state index in [0.717, 1.165) is 50.5 Å². The van der Waals surface area contributed by atoms with E-state index in [9.17, 15) is 0 Å². The summed E-state index contributed by atoms with van der Waals surface area (Å²) in [5, 5.41) is 0. The minimum Gasteiger partial charge on any atom is -0.496 e. The molecule has 4 rings (SSSR count). The van der Waals surface area contributed by atoms with Crippen LogP contribution in [0.4, 0.5) is 5.69 Å². The molecule has 1 heterocycles. The molecule has 0 saturated carbocycles. The van der Waals surface area contributed by atoms with Crippen LogP contribution in [0, 0.1) is 6.92 Å². The molecule has 2 aromatic rings. The molecule has 0 N–H and O–H groups in total. The number of aryl methyl sites for hydroxylation is 1. The average Bonchev–Trinajstić information content (AvgIpc) is 2.79. The smallest absolute Gasteiger partial charge is 0.142 e. The topological polar surface area (TPSA) is 24.9 Å². The Kier molecular flexibility index (Phi) is 6.10. The maximum absolute atomic E-state index is 5.63. The van der Waals surface area contributed by atoms with E-state index in [0.29, 0.717) is 6.04 Å². The highest BCUT2D eigenvalue weighted by Crippen LogP contribution is 2.37. The third-order valence-corrected chi connectivity index (χ3v) is 6.42. The van der Waals surface area contributed by atoms with Gasteiger partial charge < -0.3 is 14.4 Å². The van der Waals surface area contributed by atoms with E-state index in [1.165, 1.54) is 28.8 Å². The van der Waals surface area contributed by atoms with Crippen molar-refractivity contribution in [3.8, 4) is 11.5 Å². The van der Waals surface area contributed by atoms with Gasteiger partial charge in [-0.1, -0.05) is 30.3 Å². The second-order valence-corrected chi connectivity index (χ2v) is 8.00. The number of benzene rings is 2. The van der Waals surface area contributed by atoms with Gasteiger partial charge in [0.15, 0.2) is 0 Å². The number of rotatable bonds is 5. The second-order valence-electron chi connectivity index (χ2n) is 8.00. The van der Waals surface area contributed by atoms with Gasteiger partial charge in [0.25, 0.3) is 0 Å². The summed E-state index contributed by atoms with van der Waals surface area (Å²) < 4.78 is 11.2. The number of anilines is 1. The average molecular weight is 393 g/mol. The first-order chi connectivity index (χ1) is 14.2. The number of ether oxygens (including phenoxy) is 2. The SMILES string of the molecule is COc1ccccc1N1CCN(C2CC=C(c3c(C)cccc3OC)CC2)CC1. The highest BCUT2D eigenvalue weighted by Gasteiger charge is 2.27. The molecule has 0 bridgehead atoms. The van der Waals surface area contributed by atoms with Crippen molar-refractivity contribution in [2.75, 3.05) is 45.3 Å². The predicted octanol–water partition coefficient (Wildman–Crippen LogP) is 4.77. The lowest BCUT2D eigenvalue weighted by atomic mass is 9.87. The molecule has 1 aliphatic heterocycles. The van der Waals surface area contributed by atoms with Crippen LogP contribution in [0.3, 0.4) is 0 Å². The summed E-state index contributed by atoms with van der Waals surface area (Å²) in [6.45, 7) is 6.51. The molecule has 0 spiro atoms. The molecule has 1 unspecified atom stereocenters. The van der Waals surface area contributed by atoms with E-state index < -0.39 is 0 Å². The fourth-order valence-electron chi connectivity index (χ4n) is 4.82. The van der Waals surface area contributed by atoms with Gasteiger partial charge in [-0.2, -0.15) is 0 Å². The van der Waals surface area contributed by atoms with Gasteiger partial charge >= 0.3 is 0 Å². The third kappa shape index (κ3) is 4.13. The summed E-state index contributed by atoms with van der Waals surface area (Å²) in [6, 6.07) is 15.3. The number of allylic oxidation sites excluding steroid dienone is 1. The van der Waals surface area contributed by atoms with E-state index in [1.54, 1.807) is 14.2 Å². The molecule has 4 heteroatoms. The number of nitrogens with zero attached hydrogens (tertiary/aromatic N) is 2. The van der Waals surface area contributed by atoms with Crippen molar-refractivity contribution in [1.82, 2.24) is 4.90 Å². The van der Waals surface area contributed by atoms with Gasteiger partial charge in [0.1, 0.15) is 11.5 Å². The van der Waals surface area contributed by atoms with Crippen LogP contribution in [0.2, 0.25) is 0 Å². The zero-order valence-electron chi connectivity index (χ0n) is 17.9. The van der Waals surface area contributed by atoms with Crippen molar-refractivity contribution in [2.45, 2.75) is 32.2 Å². The van der Waals surface area contributed by atoms with Gasteiger partial charge in [0, 0.05) is 37.8 Å². The minimum absolute atomic E-state index is 0.647. The Bertz CT molecular complexity index is 869. The van der Waals surface area contributed by atoms with Crippen molar-refractivity contribution in [2.24, 2.45) is 0 Å². The maximum Gasteiger partial charge on any atom is 0.142 e. The quantitative estimate of drug-likeness (QED) is 0.732. The number of hydrogen-bond donors (Lipinski definition) is 0. The first-order valence-electron chi connectivity index (χ1n) is 10.7. The molecule has 1 fully saturated rings. The maximum atomic E-state index is 5.63. The van der Waals surface area contributed by atoms with E-state index >= 15 is 0 Å². The van der Waals surface area contributed by atoms with Crippen molar-refractivity contribution in [3.05, 3.63) is 59.7 Å². The highest BCUT2D eigenvalue weighted by molar-refractivity contribution is 5.73. The Balaban J connectivity index is 1.39. The van der Waals surface area contributed by atoms with Crippen LogP contribution in [0.5, 0.6) is 11.5 Å². The van der Waals surface area contributed by atoms with Gasteiger partial charge in [0.2, 0.25) is 0 Å². The molecular weight excluding hydrogens is 360 g/mol. The first-order valence-corrected chi connectivity index (χ1v) is 10.7. The lowest BCUT2D eigenvalue weighted by Gasteiger charge is -2.41. The summed E-state index contributed by atoms with van der Waals surface area (Å²) in [4.78, 5) is 5.13. The summed E-state index contributed by atoms with van der Waals surface area (Å²) >= 11 is 0. The number of methoxy groups -OCH3 is 2. The van der Waals surface area contributed by atoms with E-state index in [1.807, 2.05) is 6.07 Å². The van der Waals surface area contributed by atoms with Crippen LogP contribution in [0.25, 0.3) is 5.57 Å². The molecular formula is C25H32N2O2. The molecule has 154 valence electrons. The van der Waals surface area contributed by atoms with Crippen LogP contribution >= 0.6 is 0 Å². The van der Waals surface area contributed by atoms with Gasteiger partial charge in [-0.3, -0.25) is 4.90 Å². The highest BCUT2D eigenvalue weighted by atomic mass is 16.5. The normalized spacial score (nSPS) is 20.3. The van der Waals surface area contributed by atoms with Crippen molar-refractivity contribution >= 4 is 11.3 Å². The summed E-state index contributed by atoms with van der Waals surface area (Å²) in [7, 11) is 3.52.